The third kappa shape index (κ3) is 3.75. The second kappa shape index (κ2) is 7.27. The first kappa shape index (κ1) is 18.5. The number of nitro groups is 1. The van der Waals surface area contributed by atoms with Crippen LogP contribution in [0.4, 0.5) is 11.4 Å². The van der Waals surface area contributed by atoms with Crippen molar-refractivity contribution in [3.8, 4) is 0 Å². The number of amides is 2. The third-order valence-electron chi connectivity index (χ3n) is 4.82. The number of nitro benzene ring substituents is 1. The van der Waals surface area contributed by atoms with Gasteiger partial charge in [0.2, 0.25) is 0 Å². The molecule has 1 heterocycles. The van der Waals surface area contributed by atoms with Crippen LogP contribution < -0.4 is 16.2 Å². The Morgan fingerprint density at radius 1 is 1.10 bits per heavy atom. The van der Waals surface area contributed by atoms with Gasteiger partial charge in [-0.05, 0) is 31.0 Å². The first-order valence-corrected chi connectivity index (χ1v) is 9.14. The minimum Gasteiger partial charge on any atom is -0.377 e. The van der Waals surface area contributed by atoms with Crippen molar-refractivity contribution in [1.29, 1.82) is 0 Å². The van der Waals surface area contributed by atoms with E-state index in [-0.39, 0.29) is 17.3 Å². The maximum atomic E-state index is 12.5. The first-order chi connectivity index (χ1) is 13.9. The number of anilines is 1. The first-order valence-electron chi connectivity index (χ1n) is 9.14. The second-order valence-electron chi connectivity index (χ2n) is 6.99. The molecule has 0 atom stereocenters. The molecule has 9 nitrogen and oxygen atoms in total. The molecule has 0 bridgehead atoms. The van der Waals surface area contributed by atoms with Crippen molar-refractivity contribution in [3.05, 3.63) is 69.9 Å². The number of carbonyl (C=O) groups excluding carboxylic acids is 2. The van der Waals surface area contributed by atoms with Crippen molar-refractivity contribution in [3.63, 3.8) is 0 Å². The van der Waals surface area contributed by atoms with Gasteiger partial charge in [0.05, 0.1) is 10.5 Å². The van der Waals surface area contributed by atoms with Gasteiger partial charge in [0.15, 0.2) is 0 Å². The molecule has 1 aliphatic carbocycles. The standard InChI is InChI=1S/C20H19N5O4/c1-24-11-15(14-4-2-3-5-17(14)24)20(27)23-22-19(26)12-6-9-16(21-13-7-8-13)18(10-12)25(28)29/h2-6,9-11,13,21H,7-8H2,1H3,(H,22,26)(H,23,27). The van der Waals surface area contributed by atoms with E-state index in [1.807, 2.05) is 35.9 Å². The van der Waals surface area contributed by atoms with Gasteiger partial charge in [-0.25, -0.2) is 0 Å². The summed E-state index contributed by atoms with van der Waals surface area (Å²) < 4.78 is 1.82. The lowest BCUT2D eigenvalue weighted by Gasteiger charge is -2.09. The van der Waals surface area contributed by atoms with E-state index >= 15 is 0 Å². The molecule has 3 N–H and O–H groups in total. The predicted octanol–water partition coefficient (Wildman–Crippen LogP) is 2.74. The molecule has 1 saturated carbocycles. The molecular formula is C20H19N5O4. The lowest BCUT2D eigenvalue weighted by molar-refractivity contribution is -0.384. The number of hydrogen-bond donors (Lipinski definition) is 3. The van der Waals surface area contributed by atoms with E-state index in [1.54, 1.807) is 6.20 Å². The number of benzene rings is 2. The summed E-state index contributed by atoms with van der Waals surface area (Å²) >= 11 is 0. The molecule has 0 radical (unpaired) electrons. The summed E-state index contributed by atoms with van der Waals surface area (Å²) in [5, 5.41) is 15.2. The third-order valence-corrected chi connectivity index (χ3v) is 4.82. The molecule has 0 unspecified atom stereocenters. The van der Waals surface area contributed by atoms with Crippen molar-refractivity contribution in [1.82, 2.24) is 15.4 Å². The zero-order valence-electron chi connectivity index (χ0n) is 15.6. The Bertz CT molecular complexity index is 1130. The number of fused-ring (bicyclic) bond motifs is 1. The SMILES string of the molecule is Cn1cc(C(=O)NNC(=O)c2ccc(NC3CC3)c([N+](=O)[O-])c2)c2ccccc21. The smallest absolute Gasteiger partial charge is 0.293 e. The summed E-state index contributed by atoms with van der Waals surface area (Å²) in [5.74, 6) is -1.11. The fraction of sp³-hybridized carbons (Fsp3) is 0.200. The van der Waals surface area contributed by atoms with Gasteiger partial charge in [0.1, 0.15) is 5.69 Å². The maximum absolute atomic E-state index is 12.5. The molecule has 4 rings (SSSR count). The number of nitrogens with one attached hydrogen (secondary N) is 3. The van der Waals surface area contributed by atoms with Crippen LogP contribution in [0.25, 0.3) is 10.9 Å². The van der Waals surface area contributed by atoms with Crippen LogP contribution in [0.2, 0.25) is 0 Å². The summed E-state index contributed by atoms with van der Waals surface area (Å²) in [6.07, 6.45) is 3.62. The monoisotopic (exact) mass is 393 g/mol. The van der Waals surface area contributed by atoms with Gasteiger partial charge >= 0.3 is 0 Å². The largest absolute Gasteiger partial charge is 0.377 e. The Morgan fingerprint density at radius 2 is 1.83 bits per heavy atom. The number of hydrazine groups is 1. The van der Waals surface area contributed by atoms with Crippen molar-refractivity contribution in [2.24, 2.45) is 7.05 Å². The molecule has 2 amide bonds. The van der Waals surface area contributed by atoms with Crippen LogP contribution in [0.5, 0.6) is 0 Å². The molecule has 0 aliphatic heterocycles. The van der Waals surface area contributed by atoms with Crippen LogP contribution in [0.3, 0.4) is 0 Å². The molecule has 0 spiro atoms. The highest BCUT2D eigenvalue weighted by Crippen LogP contribution is 2.31. The van der Waals surface area contributed by atoms with Gasteiger partial charge in [0, 0.05) is 41.8 Å². The van der Waals surface area contributed by atoms with E-state index in [9.17, 15) is 19.7 Å². The van der Waals surface area contributed by atoms with Crippen LogP contribution in [-0.4, -0.2) is 27.3 Å². The van der Waals surface area contributed by atoms with E-state index in [0.717, 1.165) is 23.7 Å². The van der Waals surface area contributed by atoms with E-state index < -0.39 is 16.7 Å². The highest BCUT2D eigenvalue weighted by atomic mass is 16.6. The number of carbonyl (C=O) groups is 2. The normalized spacial score (nSPS) is 13.1. The average molecular weight is 393 g/mol. The highest BCUT2D eigenvalue weighted by Gasteiger charge is 2.25. The predicted molar refractivity (Wildman–Crippen MR) is 108 cm³/mol. The van der Waals surface area contributed by atoms with Gasteiger partial charge in [0.25, 0.3) is 17.5 Å². The highest BCUT2D eigenvalue weighted by molar-refractivity contribution is 6.08. The van der Waals surface area contributed by atoms with Crippen molar-refractivity contribution >= 4 is 34.1 Å². The Balaban J connectivity index is 1.48. The zero-order valence-corrected chi connectivity index (χ0v) is 15.6. The van der Waals surface area contributed by atoms with Gasteiger partial charge in [-0.1, -0.05) is 18.2 Å². The maximum Gasteiger partial charge on any atom is 0.293 e. The van der Waals surface area contributed by atoms with E-state index in [2.05, 4.69) is 16.2 Å². The van der Waals surface area contributed by atoms with E-state index in [0.29, 0.717) is 11.3 Å². The number of hydrogen-bond acceptors (Lipinski definition) is 5. The molecule has 148 valence electrons. The van der Waals surface area contributed by atoms with E-state index in [1.165, 1.54) is 18.2 Å². The number of para-hydroxylation sites is 1. The Morgan fingerprint density at radius 3 is 2.55 bits per heavy atom. The summed E-state index contributed by atoms with van der Waals surface area (Å²) in [6.45, 7) is 0. The summed E-state index contributed by atoms with van der Waals surface area (Å²) in [5.41, 5.74) is 6.28. The molecule has 29 heavy (non-hydrogen) atoms. The summed E-state index contributed by atoms with van der Waals surface area (Å²) in [6, 6.07) is 11.9. The lowest BCUT2D eigenvalue weighted by Crippen LogP contribution is -2.41. The molecule has 9 heteroatoms. The molecule has 0 saturated heterocycles. The van der Waals surface area contributed by atoms with Gasteiger partial charge in [-0.2, -0.15) is 0 Å². The van der Waals surface area contributed by atoms with Gasteiger partial charge < -0.3 is 9.88 Å². The van der Waals surface area contributed by atoms with Crippen LogP contribution in [0.1, 0.15) is 33.6 Å². The molecular weight excluding hydrogens is 374 g/mol. The van der Waals surface area contributed by atoms with Gasteiger partial charge in [-0.15, -0.1) is 0 Å². The van der Waals surface area contributed by atoms with Crippen molar-refractivity contribution in [2.45, 2.75) is 18.9 Å². The van der Waals surface area contributed by atoms with Crippen LogP contribution in [0, 0.1) is 10.1 Å². The number of aryl methyl sites for hydroxylation is 1. The van der Waals surface area contributed by atoms with Crippen LogP contribution in [0.15, 0.2) is 48.7 Å². The minimum absolute atomic E-state index is 0.0799. The number of nitrogens with zero attached hydrogens (tertiary/aromatic N) is 2. The van der Waals surface area contributed by atoms with Crippen LogP contribution in [-0.2, 0) is 7.05 Å². The zero-order chi connectivity index (χ0) is 20.5. The van der Waals surface area contributed by atoms with Gasteiger partial charge in [-0.3, -0.25) is 30.6 Å². The number of rotatable bonds is 5. The second-order valence-corrected chi connectivity index (χ2v) is 6.99. The molecule has 2 aromatic carbocycles. The van der Waals surface area contributed by atoms with Crippen molar-refractivity contribution in [2.75, 3.05) is 5.32 Å². The summed E-state index contributed by atoms with van der Waals surface area (Å²) in [7, 11) is 1.83. The average Bonchev–Trinajstić information content (AvgIpc) is 3.47. The lowest BCUT2D eigenvalue weighted by atomic mass is 10.1. The number of aromatic nitrogens is 1. The molecule has 1 aliphatic rings. The van der Waals surface area contributed by atoms with Crippen LogP contribution >= 0.6 is 0 Å². The summed E-state index contributed by atoms with van der Waals surface area (Å²) in [4.78, 5) is 35.7. The topological polar surface area (TPSA) is 118 Å². The fourth-order valence-corrected chi connectivity index (χ4v) is 3.17. The van der Waals surface area contributed by atoms with E-state index in [4.69, 9.17) is 0 Å². The molecule has 1 fully saturated rings. The Hall–Kier alpha value is -3.88. The molecule has 1 aromatic heterocycles. The van der Waals surface area contributed by atoms with Crippen molar-refractivity contribution < 1.29 is 14.5 Å². The quantitative estimate of drug-likeness (QED) is 0.455. The molecule has 3 aromatic rings. The Labute approximate surface area is 165 Å². The minimum atomic E-state index is -0.639. The Kier molecular flexibility index (Phi) is 4.63. The fourth-order valence-electron chi connectivity index (χ4n) is 3.17.